The van der Waals surface area contributed by atoms with Crippen LogP contribution in [-0.2, 0) is 16.1 Å². The highest BCUT2D eigenvalue weighted by Gasteiger charge is 2.23. The number of aromatic amines is 1. The SMILES string of the molecule is CCOC(=O)c1[nH]c(C)c(CN(C(=O)COc2ccccc2)c2ccc(F)cc2)c1C. The van der Waals surface area contributed by atoms with Crippen LogP contribution in [0.1, 0.15) is 34.2 Å². The average molecular weight is 424 g/mol. The Balaban J connectivity index is 1.87. The number of carbonyl (C=O) groups excluding carboxylic acids is 2. The summed E-state index contributed by atoms with van der Waals surface area (Å²) in [7, 11) is 0. The number of rotatable bonds is 8. The Morgan fingerprint density at radius 1 is 1.03 bits per heavy atom. The lowest BCUT2D eigenvalue weighted by Crippen LogP contribution is -2.34. The first kappa shape index (κ1) is 22.1. The third-order valence-electron chi connectivity index (χ3n) is 4.93. The van der Waals surface area contributed by atoms with E-state index in [1.54, 1.807) is 38.1 Å². The number of anilines is 1. The maximum absolute atomic E-state index is 13.5. The van der Waals surface area contributed by atoms with Gasteiger partial charge in [0.25, 0.3) is 5.91 Å². The second kappa shape index (κ2) is 9.93. The van der Waals surface area contributed by atoms with E-state index in [4.69, 9.17) is 9.47 Å². The zero-order chi connectivity index (χ0) is 22.4. The van der Waals surface area contributed by atoms with Crippen molar-refractivity contribution in [3.63, 3.8) is 0 Å². The van der Waals surface area contributed by atoms with Gasteiger partial charge in [0, 0.05) is 11.4 Å². The molecule has 31 heavy (non-hydrogen) atoms. The van der Waals surface area contributed by atoms with E-state index in [9.17, 15) is 14.0 Å². The van der Waals surface area contributed by atoms with Crippen molar-refractivity contribution in [3.05, 3.63) is 82.9 Å². The zero-order valence-corrected chi connectivity index (χ0v) is 17.8. The van der Waals surface area contributed by atoms with Gasteiger partial charge in [0.1, 0.15) is 17.3 Å². The van der Waals surface area contributed by atoms with Gasteiger partial charge in [-0.05, 0) is 68.3 Å². The normalized spacial score (nSPS) is 10.6. The number of benzene rings is 2. The van der Waals surface area contributed by atoms with Crippen LogP contribution in [0.15, 0.2) is 54.6 Å². The van der Waals surface area contributed by atoms with Crippen LogP contribution < -0.4 is 9.64 Å². The fourth-order valence-corrected chi connectivity index (χ4v) is 3.28. The Morgan fingerprint density at radius 3 is 2.35 bits per heavy atom. The number of esters is 1. The molecule has 0 saturated heterocycles. The highest BCUT2D eigenvalue weighted by molar-refractivity contribution is 5.95. The predicted octanol–water partition coefficient (Wildman–Crippen LogP) is 4.56. The molecule has 2 aromatic carbocycles. The molecule has 0 aliphatic rings. The quantitative estimate of drug-likeness (QED) is 0.538. The molecule has 1 amide bonds. The van der Waals surface area contributed by atoms with Crippen LogP contribution in [0.4, 0.5) is 10.1 Å². The van der Waals surface area contributed by atoms with E-state index in [2.05, 4.69) is 4.98 Å². The first-order valence-electron chi connectivity index (χ1n) is 9.99. The van der Waals surface area contributed by atoms with Crippen molar-refractivity contribution < 1.29 is 23.5 Å². The number of H-pyrrole nitrogens is 1. The van der Waals surface area contributed by atoms with Gasteiger partial charge in [0.05, 0.1) is 13.2 Å². The van der Waals surface area contributed by atoms with Crippen LogP contribution in [0.25, 0.3) is 0 Å². The molecular weight excluding hydrogens is 399 g/mol. The van der Waals surface area contributed by atoms with E-state index in [1.165, 1.54) is 17.0 Å². The second-order valence-electron chi connectivity index (χ2n) is 7.01. The van der Waals surface area contributed by atoms with E-state index in [0.29, 0.717) is 22.7 Å². The summed E-state index contributed by atoms with van der Waals surface area (Å²) in [4.78, 5) is 29.9. The summed E-state index contributed by atoms with van der Waals surface area (Å²) in [5.74, 6) is -0.557. The first-order chi connectivity index (χ1) is 14.9. The number of aromatic nitrogens is 1. The summed E-state index contributed by atoms with van der Waals surface area (Å²) in [6.45, 7) is 5.65. The summed E-state index contributed by atoms with van der Waals surface area (Å²) < 4.78 is 24.2. The smallest absolute Gasteiger partial charge is 0.355 e. The molecule has 0 fully saturated rings. The number of amides is 1. The molecule has 1 N–H and O–H groups in total. The maximum Gasteiger partial charge on any atom is 0.355 e. The fraction of sp³-hybridized carbons (Fsp3) is 0.250. The summed E-state index contributed by atoms with van der Waals surface area (Å²) in [6, 6.07) is 14.7. The molecule has 3 aromatic rings. The Bertz CT molecular complexity index is 1050. The van der Waals surface area contributed by atoms with Crippen molar-refractivity contribution in [2.75, 3.05) is 18.1 Å². The molecule has 1 heterocycles. The van der Waals surface area contributed by atoms with E-state index < -0.39 is 11.8 Å². The van der Waals surface area contributed by atoms with Crippen molar-refractivity contribution in [1.29, 1.82) is 0 Å². The summed E-state index contributed by atoms with van der Waals surface area (Å²) >= 11 is 0. The summed E-state index contributed by atoms with van der Waals surface area (Å²) in [5.41, 5.74) is 3.15. The minimum atomic E-state index is -0.443. The van der Waals surface area contributed by atoms with Gasteiger partial charge in [0.2, 0.25) is 0 Å². The molecule has 6 nitrogen and oxygen atoms in total. The molecule has 0 spiro atoms. The van der Waals surface area contributed by atoms with Crippen LogP contribution in [0.3, 0.4) is 0 Å². The second-order valence-corrected chi connectivity index (χ2v) is 7.01. The number of hydrogen-bond acceptors (Lipinski definition) is 4. The van der Waals surface area contributed by atoms with Gasteiger partial charge in [0.15, 0.2) is 6.61 Å². The standard InChI is InChI=1S/C24H25FN2O4/c1-4-30-24(29)23-16(2)21(17(3)26-23)14-27(19-12-10-18(25)11-13-19)22(28)15-31-20-8-6-5-7-9-20/h5-13,26H,4,14-15H2,1-3H3. The van der Waals surface area contributed by atoms with Crippen LogP contribution in [0.5, 0.6) is 5.75 Å². The number of halogens is 1. The number of nitrogens with zero attached hydrogens (tertiary/aromatic N) is 1. The zero-order valence-electron chi connectivity index (χ0n) is 17.8. The van der Waals surface area contributed by atoms with Crippen molar-refractivity contribution in [2.45, 2.75) is 27.3 Å². The largest absolute Gasteiger partial charge is 0.484 e. The summed E-state index contributed by atoms with van der Waals surface area (Å²) in [5, 5.41) is 0. The third-order valence-corrected chi connectivity index (χ3v) is 4.93. The fourth-order valence-electron chi connectivity index (χ4n) is 3.28. The lowest BCUT2D eigenvalue weighted by Gasteiger charge is -2.23. The van der Waals surface area contributed by atoms with Gasteiger partial charge < -0.3 is 19.4 Å². The Labute approximate surface area is 180 Å². The van der Waals surface area contributed by atoms with Crippen LogP contribution in [0, 0.1) is 19.7 Å². The highest BCUT2D eigenvalue weighted by atomic mass is 19.1. The topological polar surface area (TPSA) is 71.6 Å². The molecule has 0 unspecified atom stereocenters. The minimum Gasteiger partial charge on any atom is -0.484 e. The van der Waals surface area contributed by atoms with Gasteiger partial charge >= 0.3 is 5.97 Å². The Kier molecular flexibility index (Phi) is 7.07. The number of ether oxygens (including phenoxy) is 2. The highest BCUT2D eigenvalue weighted by Crippen LogP contribution is 2.25. The molecule has 0 saturated carbocycles. The third kappa shape index (κ3) is 5.31. The molecular formula is C24H25FN2O4. The van der Waals surface area contributed by atoms with Gasteiger partial charge in [-0.3, -0.25) is 4.79 Å². The molecule has 7 heteroatoms. The lowest BCUT2D eigenvalue weighted by molar-refractivity contribution is -0.120. The van der Waals surface area contributed by atoms with Crippen LogP contribution in [0.2, 0.25) is 0 Å². The minimum absolute atomic E-state index is 0.186. The predicted molar refractivity (Wildman–Crippen MR) is 116 cm³/mol. The Morgan fingerprint density at radius 2 is 1.71 bits per heavy atom. The molecule has 0 aliphatic heterocycles. The first-order valence-corrected chi connectivity index (χ1v) is 9.99. The van der Waals surface area contributed by atoms with Crippen molar-refractivity contribution in [1.82, 2.24) is 4.98 Å². The monoisotopic (exact) mass is 424 g/mol. The molecule has 0 bridgehead atoms. The lowest BCUT2D eigenvalue weighted by atomic mass is 10.1. The molecule has 162 valence electrons. The maximum atomic E-state index is 13.5. The van der Waals surface area contributed by atoms with E-state index in [1.807, 2.05) is 25.1 Å². The van der Waals surface area contributed by atoms with E-state index in [-0.39, 0.29) is 25.7 Å². The van der Waals surface area contributed by atoms with Crippen LogP contribution >= 0.6 is 0 Å². The number of nitrogens with one attached hydrogen (secondary N) is 1. The van der Waals surface area contributed by atoms with E-state index in [0.717, 1.165) is 11.3 Å². The molecule has 0 radical (unpaired) electrons. The number of aryl methyl sites for hydroxylation is 1. The molecule has 3 rings (SSSR count). The van der Waals surface area contributed by atoms with Crippen molar-refractivity contribution >= 4 is 17.6 Å². The van der Waals surface area contributed by atoms with Crippen molar-refractivity contribution in [3.8, 4) is 5.75 Å². The average Bonchev–Trinajstić information content (AvgIpc) is 3.05. The number of para-hydroxylation sites is 1. The van der Waals surface area contributed by atoms with E-state index >= 15 is 0 Å². The van der Waals surface area contributed by atoms with Crippen LogP contribution in [-0.4, -0.2) is 30.1 Å². The summed E-state index contributed by atoms with van der Waals surface area (Å²) in [6.07, 6.45) is 0. The molecule has 0 aliphatic carbocycles. The molecule has 1 aromatic heterocycles. The van der Waals surface area contributed by atoms with Gasteiger partial charge in [-0.25, -0.2) is 9.18 Å². The van der Waals surface area contributed by atoms with Gasteiger partial charge in [-0.15, -0.1) is 0 Å². The number of hydrogen-bond donors (Lipinski definition) is 1. The molecule has 0 atom stereocenters. The van der Waals surface area contributed by atoms with Gasteiger partial charge in [-0.2, -0.15) is 0 Å². The number of carbonyl (C=O) groups is 2. The van der Waals surface area contributed by atoms with Gasteiger partial charge in [-0.1, -0.05) is 18.2 Å². The van der Waals surface area contributed by atoms with Crippen molar-refractivity contribution in [2.24, 2.45) is 0 Å². The Hall–Kier alpha value is -3.61.